The monoisotopic (exact) mass is 644 g/mol. The minimum absolute atomic E-state index is 0.0380. The molecule has 0 aliphatic carbocycles. The molecule has 30 heavy (non-hydrogen) atoms. The Bertz CT molecular complexity index is 938. The zero-order valence-corrected chi connectivity index (χ0v) is 19.3. The van der Waals surface area contributed by atoms with Gasteiger partial charge >= 0.3 is 171 Å². The van der Waals surface area contributed by atoms with E-state index >= 15 is 0 Å². The molecule has 0 atom stereocenters. The van der Waals surface area contributed by atoms with Gasteiger partial charge < -0.3 is 0 Å². The van der Waals surface area contributed by atoms with Gasteiger partial charge in [-0.1, -0.05) is 0 Å². The van der Waals surface area contributed by atoms with Gasteiger partial charge in [-0.3, -0.25) is 0 Å². The Morgan fingerprint density at radius 2 is 1.37 bits per heavy atom. The first-order valence-electron chi connectivity index (χ1n) is 9.56. The predicted molar refractivity (Wildman–Crippen MR) is 113 cm³/mol. The molecule has 0 saturated heterocycles. The van der Waals surface area contributed by atoms with Crippen molar-refractivity contribution in [3.63, 3.8) is 0 Å². The molecule has 0 aliphatic rings. The minimum atomic E-state index is -1.28. The number of ether oxygens (including phenoxy) is 3. The molecule has 6 heteroatoms. The Labute approximate surface area is 171 Å². The van der Waals surface area contributed by atoms with Gasteiger partial charge in [-0.15, -0.1) is 0 Å². The van der Waals surface area contributed by atoms with Crippen LogP contribution in [0.3, 0.4) is 0 Å². The van der Waals surface area contributed by atoms with Crippen molar-refractivity contribution in [3.05, 3.63) is 78.4 Å². The molecule has 1 N–H and O–H groups in total. The maximum atomic E-state index is 14.7. The van der Waals surface area contributed by atoms with Crippen LogP contribution in [-0.4, -0.2) is 38.4 Å². The van der Waals surface area contributed by atoms with E-state index in [1.165, 1.54) is 0 Å². The van der Waals surface area contributed by atoms with Crippen LogP contribution >= 0.6 is 0 Å². The van der Waals surface area contributed by atoms with E-state index in [2.05, 4.69) is 0 Å². The third-order valence-electron chi connectivity index (χ3n) is 4.16. The Kier molecular flexibility index (Phi) is 7.25. The van der Waals surface area contributed by atoms with E-state index in [4.69, 9.17) is 19.3 Å². The quantitative estimate of drug-likeness (QED) is 0.268. The van der Waals surface area contributed by atoms with Crippen LogP contribution in [0.1, 0.15) is 12.5 Å². The molecule has 3 aromatic carbocycles. The third-order valence-corrected chi connectivity index (χ3v) is 7.13. The number of halogens is 1. The molecule has 0 amide bonds. The SMILES string of the molecule is CCOCCOc1ccc([C](F)=[Cf][c]2ccc(-c3ccc(OCO)cc3)cc2)cc1. The standard InChI is InChI=1S/C13H11O2.C11H13FO2.Cf/c14-10-15-13-8-6-12(7-9-13)11-4-2-1-3-5-11;1-2-13-7-8-14-11-5-3-10(9-12)4-6-11;/h2-9,14H,10H2;3-6H,2,7-8H2,1H3;. The van der Waals surface area contributed by atoms with Gasteiger partial charge in [0.25, 0.3) is 0 Å². The van der Waals surface area contributed by atoms with E-state index in [1.54, 1.807) is 24.3 Å². The Balaban J connectivity index is 1.63. The molecule has 0 unspecified atom stereocenters. The summed E-state index contributed by atoms with van der Waals surface area (Å²) in [7, 11) is 0. The van der Waals surface area contributed by atoms with Crippen LogP contribution in [-0.2, 0) is 4.74 Å². The molecule has 3 rings (SSSR count). The summed E-state index contributed by atoms with van der Waals surface area (Å²) in [6.45, 7) is 3.26. The molecule has 4 nitrogen and oxygen atoms in total. The van der Waals surface area contributed by atoms with Crippen molar-refractivity contribution in [2.75, 3.05) is 26.6 Å². The number of hydrogen-bond acceptors (Lipinski definition) is 4. The summed E-state index contributed by atoms with van der Waals surface area (Å²) in [5.74, 6) is 1.34. The molecule has 0 radical (unpaired) electrons. The van der Waals surface area contributed by atoms with Crippen LogP contribution < -0.4 is 15.5 Å². The van der Waals surface area contributed by atoms with Gasteiger partial charge in [0.15, 0.2) is 0 Å². The zero-order chi connectivity index (χ0) is 21.2. The summed E-state index contributed by atoms with van der Waals surface area (Å²) in [6.07, 6.45) is 0. The Morgan fingerprint density at radius 1 is 0.800 bits per heavy atom. The van der Waals surface area contributed by atoms with Crippen LogP contribution in [0.15, 0.2) is 72.8 Å². The second kappa shape index (κ2) is 10.5. The van der Waals surface area contributed by atoms with Gasteiger partial charge in [-0.2, -0.15) is 0 Å². The van der Waals surface area contributed by atoms with Crippen LogP contribution in [0.25, 0.3) is 11.1 Å². The van der Waals surface area contributed by atoms with E-state index in [0.717, 1.165) is 17.2 Å². The number of hydrogen-bond donors (Lipinski definition) is 1. The molecule has 0 fully saturated rings. The molecule has 0 saturated carbocycles. The fraction of sp³-hybridized carbons (Fsp3) is 0.208. The normalized spacial score (nSPS) is 11.1. The van der Waals surface area contributed by atoms with Crippen molar-refractivity contribution < 1.29 is 23.7 Å². The first kappa shape index (κ1) is 20.7. The molecule has 0 bridgehead atoms. The topological polar surface area (TPSA) is 47.9 Å². The molecule has 0 spiro atoms. The fourth-order valence-electron chi connectivity index (χ4n) is 2.66. The molecular formula is C24H24CfFO4. The number of rotatable bonds is 10. The summed E-state index contributed by atoms with van der Waals surface area (Å²) in [5.41, 5.74) is 2.71. The Hall–Kier alpha value is -4.02. The zero-order valence-electron chi connectivity index (χ0n) is 16.6. The Morgan fingerprint density at radius 3 is 1.97 bits per heavy atom. The molecule has 3 aromatic rings. The first-order chi connectivity index (χ1) is 14.7. The second-order valence-corrected chi connectivity index (χ2v) is 9.49. The second-order valence-electron chi connectivity index (χ2n) is 6.15. The average Bonchev–Trinajstić information content (AvgIpc) is 2.78. The summed E-state index contributed by atoms with van der Waals surface area (Å²) in [6, 6.07) is 23.7. The van der Waals surface area contributed by atoms with Gasteiger partial charge in [0.1, 0.15) is 0 Å². The summed E-state index contributed by atoms with van der Waals surface area (Å²) in [4.78, 5) is 0. The van der Waals surface area contributed by atoms with Gasteiger partial charge in [0, 0.05) is 0 Å². The fourth-order valence-corrected chi connectivity index (χ4v) is 5.02. The third kappa shape index (κ3) is 5.74. The first-order valence-corrected chi connectivity index (χ1v) is 12.2. The van der Waals surface area contributed by atoms with Crippen molar-refractivity contribution in [1.29, 1.82) is 0 Å². The van der Waals surface area contributed by atoms with Crippen molar-refractivity contribution in [3.8, 4) is 22.6 Å². The predicted octanol–water partition coefficient (Wildman–Crippen LogP) is 3.96. The summed E-state index contributed by atoms with van der Waals surface area (Å²) >= 11 is 0. The maximum absolute atomic E-state index is 14.7. The van der Waals surface area contributed by atoms with Gasteiger partial charge in [0.05, 0.1) is 0 Å². The average molecular weight is 646 g/mol. The van der Waals surface area contributed by atoms with Gasteiger partial charge in [-0.05, 0) is 0 Å². The van der Waals surface area contributed by atoms with E-state index in [0.29, 0.717) is 36.9 Å². The van der Waals surface area contributed by atoms with E-state index in [1.807, 2.05) is 55.5 Å². The molecule has 0 heterocycles. The van der Waals surface area contributed by atoms with Gasteiger partial charge in [0.2, 0.25) is 0 Å². The van der Waals surface area contributed by atoms with Crippen LogP contribution in [0.2, 0.25) is 0 Å². The van der Waals surface area contributed by atoms with Crippen molar-refractivity contribution in [2.45, 2.75) is 6.92 Å². The molecule has 0 aliphatic heterocycles. The summed E-state index contributed by atoms with van der Waals surface area (Å²) < 4.78 is 29.3. The van der Waals surface area contributed by atoms with Gasteiger partial charge in [-0.25, -0.2) is 0 Å². The molecular weight excluding hydrogens is 622 g/mol. The van der Waals surface area contributed by atoms with E-state index in [9.17, 15) is 4.39 Å². The van der Waals surface area contributed by atoms with E-state index < -0.39 is 0 Å². The van der Waals surface area contributed by atoms with Crippen molar-refractivity contribution >= 4 is 12.7 Å². The number of benzene rings is 3. The van der Waals surface area contributed by atoms with Crippen molar-refractivity contribution in [2.24, 2.45) is 0 Å². The summed E-state index contributed by atoms with van der Waals surface area (Å²) in [5, 5.41) is 8.80. The van der Waals surface area contributed by atoms with E-state index in [-0.39, 0.29) is 13.5 Å². The van der Waals surface area contributed by atoms with Crippen molar-refractivity contribution in [1.82, 2.24) is 0 Å². The number of aliphatic hydroxyl groups excluding tert-OH is 1. The molecule has 161 valence electrons. The number of aliphatic hydroxyl groups is 1. The van der Waals surface area contributed by atoms with Crippen LogP contribution in [0.5, 0.6) is 11.5 Å². The van der Waals surface area contributed by atoms with Crippen LogP contribution in [0.4, 0.5) is 4.39 Å². The molecule has 0 aromatic heterocycles. The van der Waals surface area contributed by atoms with Crippen LogP contribution in [0, 0.1) is 0 Å².